The van der Waals surface area contributed by atoms with E-state index in [1.54, 1.807) is 7.11 Å². The first-order chi connectivity index (χ1) is 17.4. The number of halogens is 1. The maximum absolute atomic E-state index is 11.3. The molecule has 36 heavy (non-hydrogen) atoms. The van der Waals surface area contributed by atoms with Gasteiger partial charge in [0.15, 0.2) is 17.0 Å². The molecule has 1 unspecified atom stereocenters. The standard InChI is InChI=1S/C26H29ClN6O3/c1-16-5-8-21(36-16)20-7-6-19(35-2)12-18(20)13-22-29-23-24(28)30-26(27)31-25(23)33(22)11-9-17-4-3-10-32(14-17)15-34/h5-8,12,15,17H,3-4,9-11,13-14H2,1-2H3,(H2,28,30,31). The number of furan rings is 1. The molecule has 1 atom stereocenters. The number of hydrogen-bond donors (Lipinski definition) is 1. The first-order valence-electron chi connectivity index (χ1n) is 12.1. The van der Waals surface area contributed by atoms with E-state index in [1.165, 1.54) is 0 Å². The van der Waals surface area contributed by atoms with Crippen molar-refractivity contribution in [2.45, 2.75) is 39.2 Å². The molecule has 1 saturated heterocycles. The Morgan fingerprint density at radius 1 is 1.25 bits per heavy atom. The van der Waals surface area contributed by atoms with Crippen LogP contribution in [0.15, 0.2) is 34.7 Å². The van der Waals surface area contributed by atoms with Crippen LogP contribution in [0.3, 0.4) is 0 Å². The largest absolute Gasteiger partial charge is 0.497 e. The third kappa shape index (κ3) is 4.88. The number of ether oxygens (including phenoxy) is 1. The second-order valence-corrected chi connectivity index (χ2v) is 9.58. The summed E-state index contributed by atoms with van der Waals surface area (Å²) in [5.74, 6) is 3.83. The number of aryl methyl sites for hydroxylation is 2. The molecule has 10 heteroatoms. The Bertz CT molecular complexity index is 1400. The normalized spacial score (nSPS) is 16.0. The third-order valence-corrected chi connectivity index (χ3v) is 6.97. The van der Waals surface area contributed by atoms with Crippen molar-refractivity contribution in [2.75, 3.05) is 25.9 Å². The number of carbonyl (C=O) groups excluding carboxylic acids is 1. The number of methoxy groups -OCH3 is 1. The van der Waals surface area contributed by atoms with Crippen molar-refractivity contribution in [3.05, 3.63) is 52.8 Å². The van der Waals surface area contributed by atoms with Gasteiger partial charge in [-0.15, -0.1) is 0 Å². The van der Waals surface area contributed by atoms with Gasteiger partial charge in [-0.3, -0.25) is 4.79 Å². The number of nitrogens with two attached hydrogens (primary N) is 1. The molecule has 0 aliphatic carbocycles. The van der Waals surface area contributed by atoms with Crippen LogP contribution in [0.4, 0.5) is 5.82 Å². The molecule has 188 valence electrons. The zero-order chi connectivity index (χ0) is 25.2. The molecule has 0 bridgehead atoms. The molecule has 0 saturated carbocycles. The minimum atomic E-state index is 0.0885. The molecule has 5 rings (SSSR count). The number of nitrogens with zero attached hydrogens (tertiary/aromatic N) is 5. The monoisotopic (exact) mass is 508 g/mol. The Labute approximate surface area is 214 Å². The molecule has 1 fully saturated rings. The summed E-state index contributed by atoms with van der Waals surface area (Å²) in [5, 5.41) is 0.0885. The van der Waals surface area contributed by atoms with Crippen molar-refractivity contribution in [2.24, 2.45) is 5.92 Å². The van der Waals surface area contributed by atoms with Gasteiger partial charge < -0.3 is 24.4 Å². The number of benzene rings is 1. The number of hydrogen-bond acceptors (Lipinski definition) is 7. The SMILES string of the molecule is COc1ccc(-c2ccc(C)o2)c(Cc2nc3c(N)nc(Cl)nc3n2CCC2CCCN(C=O)C2)c1. The second-order valence-electron chi connectivity index (χ2n) is 9.24. The number of nitrogen functional groups attached to an aromatic ring is 1. The van der Waals surface area contributed by atoms with Crippen LogP contribution < -0.4 is 10.5 Å². The lowest BCUT2D eigenvalue weighted by Crippen LogP contribution is -2.34. The van der Waals surface area contributed by atoms with Crippen LogP contribution in [0.2, 0.25) is 5.28 Å². The third-order valence-electron chi connectivity index (χ3n) is 6.80. The Kier molecular flexibility index (Phi) is 6.82. The fraction of sp³-hybridized carbons (Fsp3) is 0.385. The summed E-state index contributed by atoms with van der Waals surface area (Å²) in [5.41, 5.74) is 9.30. The fourth-order valence-corrected chi connectivity index (χ4v) is 5.15. The highest BCUT2D eigenvalue weighted by molar-refractivity contribution is 6.28. The molecule has 1 aliphatic rings. The minimum absolute atomic E-state index is 0.0885. The molecule has 9 nitrogen and oxygen atoms in total. The van der Waals surface area contributed by atoms with Crippen molar-refractivity contribution in [3.8, 4) is 17.1 Å². The van der Waals surface area contributed by atoms with Crippen LogP contribution in [0.25, 0.3) is 22.5 Å². The quantitative estimate of drug-likeness (QED) is 0.275. The first-order valence-corrected chi connectivity index (χ1v) is 12.4. The first kappa shape index (κ1) is 24.1. The minimum Gasteiger partial charge on any atom is -0.497 e. The predicted octanol–water partition coefficient (Wildman–Crippen LogP) is 4.49. The van der Waals surface area contributed by atoms with Gasteiger partial charge in [0.05, 0.1) is 7.11 Å². The molecule has 1 amide bonds. The van der Waals surface area contributed by atoms with E-state index in [9.17, 15) is 4.79 Å². The highest BCUT2D eigenvalue weighted by Crippen LogP contribution is 2.32. The Morgan fingerprint density at radius 2 is 2.11 bits per heavy atom. The van der Waals surface area contributed by atoms with Gasteiger partial charge in [0.25, 0.3) is 0 Å². The molecule has 0 spiro atoms. The topological polar surface area (TPSA) is 112 Å². The van der Waals surface area contributed by atoms with Gasteiger partial charge in [0, 0.05) is 31.6 Å². The zero-order valence-electron chi connectivity index (χ0n) is 20.4. The summed E-state index contributed by atoms with van der Waals surface area (Å²) in [6.07, 6.45) is 4.43. The van der Waals surface area contributed by atoms with E-state index >= 15 is 0 Å². The number of amides is 1. The number of likely N-dealkylation sites (tertiary alicyclic amines) is 1. The smallest absolute Gasteiger partial charge is 0.226 e. The Hall–Kier alpha value is -3.59. The van der Waals surface area contributed by atoms with Crippen LogP contribution in [0.5, 0.6) is 5.75 Å². The average molecular weight is 509 g/mol. The van der Waals surface area contributed by atoms with E-state index in [2.05, 4.69) is 14.5 Å². The maximum Gasteiger partial charge on any atom is 0.226 e. The average Bonchev–Trinajstić information content (AvgIpc) is 3.46. The van der Waals surface area contributed by atoms with Gasteiger partial charge in [0.1, 0.15) is 23.1 Å². The number of piperidine rings is 1. The molecule has 2 N–H and O–H groups in total. The molecule has 4 heterocycles. The maximum atomic E-state index is 11.3. The number of anilines is 1. The Morgan fingerprint density at radius 3 is 2.86 bits per heavy atom. The van der Waals surface area contributed by atoms with E-state index in [4.69, 9.17) is 31.5 Å². The van der Waals surface area contributed by atoms with Gasteiger partial charge in [-0.25, -0.2) is 4.98 Å². The van der Waals surface area contributed by atoms with Crippen molar-refractivity contribution in [1.82, 2.24) is 24.4 Å². The van der Waals surface area contributed by atoms with Gasteiger partial charge in [-0.2, -0.15) is 9.97 Å². The molecule has 1 aliphatic heterocycles. The number of carbonyl (C=O) groups is 1. The van der Waals surface area contributed by atoms with Crippen LogP contribution in [-0.2, 0) is 17.8 Å². The molecule has 3 aromatic heterocycles. The highest BCUT2D eigenvalue weighted by Gasteiger charge is 2.22. The number of aromatic nitrogens is 4. The van der Waals surface area contributed by atoms with E-state index < -0.39 is 0 Å². The van der Waals surface area contributed by atoms with E-state index in [1.807, 2.05) is 42.2 Å². The lowest BCUT2D eigenvalue weighted by atomic mass is 9.95. The number of fused-ring (bicyclic) bond motifs is 1. The second kappa shape index (κ2) is 10.2. The van der Waals surface area contributed by atoms with Crippen molar-refractivity contribution in [3.63, 3.8) is 0 Å². The summed E-state index contributed by atoms with van der Waals surface area (Å²) in [4.78, 5) is 26.6. The summed E-state index contributed by atoms with van der Waals surface area (Å²) >= 11 is 6.18. The van der Waals surface area contributed by atoms with Crippen molar-refractivity contribution in [1.29, 1.82) is 0 Å². The van der Waals surface area contributed by atoms with Crippen LogP contribution >= 0.6 is 11.6 Å². The molecular formula is C26H29ClN6O3. The van der Waals surface area contributed by atoms with Crippen molar-refractivity contribution < 1.29 is 13.9 Å². The van der Waals surface area contributed by atoms with Gasteiger partial charge in [-0.05, 0) is 79.6 Å². The summed E-state index contributed by atoms with van der Waals surface area (Å²) in [7, 11) is 1.65. The van der Waals surface area contributed by atoms with Gasteiger partial charge in [-0.1, -0.05) is 0 Å². The molecular weight excluding hydrogens is 480 g/mol. The zero-order valence-corrected chi connectivity index (χ0v) is 21.2. The van der Waals surface area contributed by atoms with Crippen LogP contribution in [0, 0.1) is 12.8 Å². The van der Waals surface area contributed by atoms with Gasteiger partial charge >= 0.3 is 0 Å². The number of rotatable bonds is 8. The van der Waals surface area contributed by atoms with E-state index in [0.29, 0.717) is 30.0 Å². The van der Waals surface area contributed by atoms with E-state index in [0.717, 1.165) is 73.0 Å². The summed E-state index contributed by atoms with van der Waals surface area (Å²) < 4.78 is 13.5. The lowest BCUT2D eigenvalue weighted by Gasteiger charge is -2.30. The number of imidazole rings is 1. The fourth-order valence-electron chi connectivity index (χ4n) is 4.98. The molecule has 4 aromatic rings. The highest BCUT2D eigenvalue weighted by atomic mass is 35.5. The molecule has 0 radical (unpaired) electrons. The summed E-state index contributed by atoms with van der Waals surface area (Å²) in [6, 6.07) is 9.84. The van der Waals surface area contributed by atoms with Crippen LogP contribution in [0.1, 0.15) is 36.4 Å². The molecule has 1 aromatic carbocycles. The van der Waals surface area contributed by atoms with Crippen LogP contribution in [-0.4, -0.2) is 51.0 Å². The Balaban J connectivity index is 1.53. The van der Waals surface area contributed by atoms with E-state index in [-0.39, 0.29) is 11.1 Å². The lowest BCUT2D eigenvalue weighted by molar-refractivity contribution is -0.119. The van der Waals surface area contributed by atoms with Gasteiger partial charge in [0.2, 0.25) is 11.7 Å². The van der Waals surface area contributed by atoms with Crippen molar-refractivity contribution >= 4 is 35.0 Å². The summed E-state index contributed by atoms with van der Waals surface area (Å²) in [6.45, 7) is 4.19. The predicted molar refractivity (Wildman–Crippen MR) is 138 cm³/mol.